The molecule has 0 aliphatic rings. The SMILES string of the molecule is CN(C)c1cccc(C(=O)NC[C@H](NC(=O)c2ccc(C(=O)NCc3cccc(O)c3)cc2Cl)C(=O)O)c1. The van der Waals surface area contributed by atoms with Crippen molar-refractivity contribution in [3.8, 4) is 5.75 Å². The standard InChI is InChI=1S/C27H27ClN4O6/c1-32(2)19-7-4-6-17(12-19)24(34)30-15-23(27(37)38)31-26(36)21-10-9-18(13-22(21)28)25(35)29-14-16-5-3-8-20(33)11-16/h3-13,23,33H,14-15H2,1-2H3,(H,29,35)(H,30,34)(H,31,36)(H,37,38)/t23-/m0/s1. The minimum atomic E-state index is -1.43. The normalized spacial score (nSPS) is 11.2. The first-order chi connectivity index (χ1) is 18.0. The monoisotopic (exact) mass is 538 g/mol. The first-order valence-electron chi connectivity index (χ1n) is 11.5. The van der Waals surface area contributed by atoms with E-state index < -0.39 is 29.7 Å². The number of benzene rings is 3. The van der Waals surface area contributed by atoms with Gasteiger partial charge in [-0.2, -0.15) is 0 Å². The molecule has 3 aromatic carbocycles. The highest BCUT2D eigenvalue weighted by atomic mass is 35.5. The van der Waals surface area contributed by atoms with Crippen LogP contribution in [-0.4, -0.2) is 60.6 Å². The van der Waals surface area contributed by atoms with Crippen molar-refractivity contribution in [2.45, 2.75) is 12.6 Å². The molecular formula is C27H27ClN4O6. The lowest BCUT2D eigenvalue weighted by Crippen LogP contribution is -2.48. The average molecular weight is 539 g/mol. The average Bonchev–Trinajstić information content (AvgIpc) is 2.89. The van der Waals surface area contributed by atoms with Crippen molar-refractivity contribution in [2.24, 2.45) is 0 Å². The molecule has 0 unspecified atom stereocenters. The van der Waals surface area contributed by atoms with Gasteiger partial charge in [-0.3, -0.25) is 14.4 Å². The highest BCUT2D eigenvalue weighted by Gasteiger charge is 2.23. The van der Waals surface area contributed by atoms with Crippen LogP contribution in [0.3, 0.4) is 0 Å². The number of carboxylic acid groups (broad SMARTS) is 1. The van der Waals surface area contributed by atoms with E-state index in [1.54, 1.807) is 30.3 Å². The van der Waals surface area contributed by atoms with Crippen molar-refractivity contribution < 1.29 is 29.4 Å². The summed E-state index contributed by atoms with van der Waals surface area (Å²) in [4.78, 5) is 51.3. The summed E-state index contributed by atoms with van der Waals surface area (Å²) in [6.45, 7) is -0.197. The molecule has 0 saturated carbocycles. The summed E-state index contributed by atoms with van der Waals surface area (Å²) < 4.78 is 0. The summed E-state index contributed by atoms with van der Waals surface area (Å²) in [7, 11) is 3.66. The van der Waals surface area contributed by atoms with Crippen LogP contribution in [-0.2, 0) is 11.3 Å². The lowest BCUT2D eigenvalue weighted by molar-refractivity contribution is -0.139. The molecule has 0 spiro atoms. The van der Waals surface area contributed by atoms with Crippen LogP contribution >= 0.6 is 11.6 Å². The fraction of sp³-hybridized carbons (Fsp3) is 0.185. The van der Waals surface area contributed by atoms with Crippen molar-refractivity contribution in [3.63, 3.8) is 0 Å². The molecule has 0 radical (unpaired) electrons. The number of hydrogen-bond donors (Lipinski definition) is 5. The Morgan fingerprint density at radius 1 is 0.868 bits per heavy atom. The molecule has 3 aromatic rings. The molecule has 198 valence electrons. The third-order valence-corrected chi connectivity index (χ3v) is 5.85. The third-order valence-electron chi connectivity index (χ3n) is 5.53. The molecule has 11 heteroatoms. The van der Waals surface area contributed by atoms with Gasteiger partial charge in [-0.1, -0.05) is 29.8 Å². The molecule has 10 nitrogen and oxygen atoms in total. The second kappa shape index (κ2) is 12.6. The van der Waals surface area contributed by atoms with Gasteiger partial charge in [0, 0.05) is 44.0 Å². The highest BCUT2D eigenvalue weighted by Crippen LogP contribution is 2.19. The molecule has 3 rings (SSSR count). The van der Waals surface area contributed by atoms with Crippen molar-refractivity contribution in [3.05, 3.63) is 94.0 Å². The minimum Gasteiger partial charge on any atom is -0.508 e. The Bertz CT molecular complexity index is 1360. The number of carbonyl (C=O) groups is 4. The van der Waals surface area contributed by atoms with Gasteiger partial charge in [-0.15, -0.1) is 0 Å². The molecule has 1 atom stereocenters. The van der Waals surface area contributed by atoms with E-state index in [0.29, 0.717) is 11.1 Å². The predicted molar refractivity (Wildman–Crippen MR) is 143 cm³/mol. The highest BCUT2D eigenvalue weighted by molar-refractivity contribution is 6.34. The molecule has 3 amide bonds. The number of halogens is 1. The van der Waals surface area contributed by atoms with Crippen LogP contribution in [0.5, 0.6) is 5.75 Å². The Morgan fingerprint density at radius 3 is 2.21 bits per heavy atom. The van der Waals surface area contributed by atoms with Crippen LogP contribution < -0.4 is 20.9 Å². The summed E-state index contributed by atoms with van der Waals surface area (Å²) in [6, 6.07) is 15.8. The number of phenols is 1. The van der Waals surface area contributed by atoms with Gasteiger partial charge < -0.3 is 31.1 Å². The van der Waals surface area contributed by atoms with Gasteiger partial charge in [0.15, 0.2) is 0 Å². The van der Waals surface area contributed by atoms with Gasteiger partial charge in [0.05, 0.1) is 10.6 Å². The number of amides is 3. The topological polar surface area (TPSA) is 148 Å². The molecule has 0 bridgehead atoms. The molecule has 0 aliphatic carbocycles. The molecule has 5 N–H and O–H groups in total. The lowest BCUT2D eigenvalue weighted by atomic mass is 10.1. The Hall–Kier alpha value is -4.57. The van der Waals surface area contributed by atoms with E-state index in [1.165, 1.54) is 30.3 Å². The molecule has 0 saturated heterocycles. The molecule has 0 fully saturated rings. The zero-order chi connectivity index (χ0) is 27.8. The van der Waals surface area contributed by atoms with E-state index in [4.69, 9.17) is 11.6 Å². The third kappa shape index (κ3) is 7.47. The maximum Gasteiger partial charge on any atom is 0.328 e. The maximum atomic E-state index is 12.7. The number of rotatable bonds is 10. The van der Waals surface area contributed by atoms with Gasteiger partial charge >= 0.3 is 5.97 Å². The van der Waals surface area contributed by atoms with Crippen molar-refractivity contribution in [2.75, 3.05) is 25.5 Å². The molecule has 0 aromatic heterocycles. The maximum absolute atomic E-state index is 12.7. The predicted octanol–water partition coefficient (Wildman–Crippen LogP) is 2.65. The summed E-state index contributed by atoms with van der Waals surface area (Å²) >= 11 is 6.22. The van der Waals surface area contributed by atoms with Crippen molar-refractivity contribution in [1.29, 1.82) is 0 Å². The number of phenolic OH excluding ortho intramolecular Hbond substituents is 1. The zero-order valence-corrected chi connectivity index (χ0v) is 21.5. The number of aromatic hydroxyl groups is 1. The van der Waals surface area contributed by atoms with Gasteiger partial charge in [0.25, 0.3) is 17.7 Å². The molecule has 0 heterocycles. The van der Waals surface area contributed by atoms with E-state index >= 15 is 0 Å². The Morgan fingerprint density at radius 2 is 1.55 bits per heavy atom. The van der Waals surface area contributed by atoms with Crippen LogP contribution in [0.1, 0.15) is 36.6 Å². The van der Waals surface area contributed by atoms with E-state index in [-0.39, 0.29) is 35.0 Å². The second-order valence-electron chi connectivity index (χ2n) is 8.57. The van der Waals surface area contributed by atoms with E-state index in [0.717, 1.165) is 5.69 Å². The first-order valence-corrected chi connectivity index (χ1v) is 11.9. The van der Waals surface area contributed by atoms with Gasteiger partial charge in [0.1, 0.15) is 11.8 Å². The number of anilines is 1. The van der Waals surface area contributed by atoms with Crippen LogP contribution in [0.2, 0.25) is 5.02 Å². The van der Waals surface area contributed by atoms with Crippen LogP contribution in [0.15, 0.2) is 66.7 Å². The van der Waals surface area contributed by atoms with E-state index in [9.17, 15) is 29.4 Å². The minimum absolute atomic E-state index is 0.0348. The number of carboxylic acids is 1. The van der Waals surface area contributed by atoms with Crippen LogP contribution in [0.4, 0.5) is 5.69 Å². The molecular weight excluding hydrogens is 512 g/mol. The van der Waals surface area contributed by atoms with E-state index in [2.05, 4.69) is 16.0 Å². The number of carbonyl (C=O) groups excluding carboxylic acids is 3. The lowest BCUT2D eigenvalue weighted by Gasteiger charge is -2.17. The summed E-state index contributed by atoms with van der Waals surface area (Å²) in [5, 5.41) is 26.6. The van der Waals surface area contributed by atoms with Gasteiger partial charge in [-0.25, -0.2) is 4.79 Å². The number of nitrogens with zero attached hydrogens (tertiary/aromatic N) is 1. The summed E-state index contributed by atoms with van der Waals surface area (Å²) in [5.74, 6) is -2.99. The number of hydrogen-bond acceptors (Lipinski definition) is 6. The van der Waals surface area contributed by atoms with Gasteiger partial charge in [0.2, 0.25) is 0 Å². The largest absolute Gasteiger partial charge is 0.508 e. The Labute approximate surface area is 224 Å². The second-order valence-corrected chi connectivity index (χ2v) is 8.97. The number of aliphatic carboxylic acids is 1. The van der Waals surface area contributed by atoms with E-state index in [1.807, 2.05) is 25.1 Å². The number of nitrogens with one attached hydrogen (secondary N) is 3. The van der Waals surface area contributed by atoms with Crippen LogP contribution in [0.25, 0.3) is 0 Å². The summed E-state index contributed by atoms with van der Waals surface area (Å²) in [6.07, 6.45) is 0. The first kappa shape index (κ1) is 28.0. The smallest absolute Gasteiger partial charge is 0.328 e. The van der Waals surface area contributed by atoms with Crippen molar-refractivity contribution in [1.82, 2.24) is 16.0 Å². The van der Waals surface area contributed by atoms with Crippen LogP contribution in [0, 0.1) is 0 Å². The Kier molecular flexibility index (Phi) is 9.28. The molecule has 38 heavy (non-hydrogen) atoms. The fourth-order valence-electron chi connectivity index (χ4n) is 3.45. The summed E-state index contributed by atoms with van der Waals surface area (Å²) in [5.41, 5.74) is 1.98. The van der Waals surface area contributed by atoms with Gasteiger partial charge in [-0.05, 0) is 54.1 Å². The molecule has 0 aliphatic heterocycles. The zero-order valence-electron chi connectivity index (χ0n) is 20.7. The Balaban J connectivity index is 1.61. The quantitative estimate of drug-likeness (QED) is 0.266. The fourth-order valence-corrected chi connectivity index (χ4v) is 3.72. The van der Waals surface area contributed by atoms with Crippen molar-refractivity contribution >= 4 is 41.0 Å².